The Morgan fingerprint density at radius 1 is 1.29 bits per heavy atom. The molecule has 1 saturated carbocycles. The van der Waals surface area contributed by atoms with Crippen LogP contribution in [0.4, 0.5) is 0 Å². The number of carboxylic acid groups (broad SMARTS) is 1. The normalized spacial score (nSPS) is 17.4. The van der Waals surface area contributed by atoms with Crippen LogP contribution >= 0.6 is 0 Å². The number of rotatable bonds is 8. The number of hydrogen-bond donors (Lipinski definition) is 2. The molecule has 2 N–H and O–H groups in total. The quantitative estimate of drug-likeness (QED) is 0.765. The number of aliphatic carboxylic acids is 1. The van der Waals surface area contributed by atoms with Crippen molar-refractivity contribution >= 4 is 11.9 Å². The van der Waals surface area contributed by atoms with Gasteiger partial charge in [-0.2, -0.15) is 0 Å². The Labute approximate surface area is 143 Å². The summed E-state index contributed by atoms with van der Waals surface area (Å²) in [4.78, 5) is 23.8. The average Bonchev–Trinajstić information content (AvgIpc) is 3.05. The van der Waals surface area contributed by atoms with Crippen LogP contribution in [-0.4, -0.2) is 29.2 Å². The van der Waals surface area contributed by atoms with Crippen molar-refractivity contribution in [2.24, 2.45) is 0 Å². The number of nitrogens with one attached hydrogen (secondary N) is 1. The molecule has 0 aliphatic heterocycles. The molecular weight excluding hydrogens is 306 g/mol. The summed E-state index contributed by atoms with van der Waals surface area (Å²) in [6.45, 7) is 3.84. The molecule has 1 aliphatic carbocycles. The maximum absolute atomic E-state index is 12.6. The molecule has 0 saturated heterocycles. The zero-order valence-electron chi connectivity index (χ0n) is 14.5. The maximum atomic E-state index is 12.6. The smallest absolute Gasteiger partial charge is 0.305 e. The third-order valence-electron chi connectivity index (χ3n) is 4.58. The lowest BCUT2D eigenvalue weighted by Crippen LogP contribution is -2.40. The van der Waals surface area contributed by atoms with Gasteiger partial charge in [-0.25, -0.2) is 0 Å². The molecule has 0 bridgehead atoms. The van der Waals surface area contributed by atoms with Gasteiger partial charge in [0.05, 0.1) is 18.6 Å². The highest BCUT2D eigenvalue weighted by Crippen LogP contribution is 2.24. The van der Waals surface area contributed by atoms with Gasteiger partial charge in [0.2, 0.25) is 5.91 Å². The Kier molecular flexibility index (Phi) is 6.79. The van der Waals surface area contributed by atoms with Crippen molar-refractivity contribution in [3.8, 4) is 0 Å². The van der Waals surface area contributed by atoms with Gasteiger partial charge < -0.3 is 15.2 Å². The fraction of sp³-hybridized carbons (Fsp3) is 0.579. The molecule has 0 heterocycles. The summed E-state index contributed by atoms with van der Waals surface area (Å²) >= 11 is 0. The molecule has 1 aromatic carbocycles. The molecule has 1 aromatic rings. The Morgan fingerprint density at radius 3 is 2.54 bits per heavy atom. The van der Waals surface area contributed by atoms with Gasteiger partial charge in [0.25, 0.3) is 0 Å². The summed E-state index contributed by atoms with van der Waals surface area (Å²) in [5.74, 6) is -1.16. The van der Waals surface area contributed by atoms with Gasteiger partial charge in [-0.15, -0.1) is 0 Å². The third kappa shape index (κ3) is 5.06. The van der Waals surface area contributed by atoms with E-state index in [2.05, 4.69) is 5.32 Å². The molecule has 24 heavy (non-hydrogen) atoms. The molecule has 2 unspecified atom stereocenters. The van der Waals surface area contributed by atoms with E-state index in [1.807, 2.05) is 38.1 Å². The minimum atomic E-state index is -0.937. The van der Waals surface area contributed by atoms with Crippen molar-refractivity contribution in [1.82, 2.24) is 5.32 Å². The van der Waals surface area contributed by atoms with Crippen LogP contribution < -0.4 is 5.32 Å². The second-order valence-corrected chi connectivity index (χ2v) is 6.46. The van der Waals surface area contributed by atoms with E-state index in [9.17, 15) is 14.7 Å². The number of aryl methyl sites for hydroxylation is 1. The zero-order valence-corrected chi connectivity index (χ0v) is 14.5. The SMILES string of the molecule is CCC(OC1CCCC1)C(=O)NC(CC(=O)O)c1ccccc1C. The van der Waals surface area contributed by atoms with Gasteiger partial charge in [-0.3, -0.25) is 9.59 Å². The molecule has 0 spiro atoms. The van der Waals surface area contributed by atoms with Crippen molar-refractivity contribution in [1.29, 1.82) is 0 Å². The standard InChI is InChI=1S/C19H27NO4/c1-3-17(24-14-9-5-6-10-14)19(23)20-16(12-18(21)22)15-11-7-4-8-13(15)2/h4,7-8,11,14,16-17H,3,5-6,9-10,12H2,1-2H3,(H,20,23)(H,21,22). The Balaban J connectivity index is 2.07. The van der Waals surface area contributed by atoms with Gasteiger partial charge in [-0.1, -0.05) is 44.0 Å². The number of carbonyl (C=O) groups excluding carboxylic acids is 1. The Hall–Kier alpha value is -1.88. The van der Waals surface area contributed by atoms with Crippen LogP contribution in [0.5, 0.6) is 0 Å². The lowest BCUT2D eigenvalue weighted by atomic mass is 9.98. The average molecular weight is 333 g/mol. The molecule has 1 fully saturated rings. The molecule has 2 atom stereocenters. The summed E-state index contributed by atoms with van der Waals surface area (Å²) < 4.78 is 5.93. The predicted octanol–water partition coefficient (Wildman–Crippen LogP) is 3.36. The van der Waals surface area contributed by atoms with Gasteiger partial charge >= 0.3 is 5.97 Å². The van der Waals surface area contributed by atoms with E-state index >= 15 is 0 Å². The summed E-state index contributed by atoms with van der Waals surface area (Å²) in [5, 5.41) is 12.1. The Morgan fingerprint density at radius 2 is 1.96 bits per heavy atom. The van der Waals surface area contributed by atoms with Crippen molar-refractivity contribution < 1.29 is 19.4 Å². The van der Waals surface area contributed by atoms with Crippen LogP contribution in [0, 0.1) is 6.92 Å². The summed E-state index contributed by atoms with van der Waals surface area (Å²) in [6.07, 6.45) is 4.36. The van der Waals surface area contributed by atoms with E-state index in [1.54, 1.807) is 0 Å². The van der Waals surface area contributed by atoms with Crippen LogP contribution in [0.2, 0.25) is 0 Å². The van der Waals surface area contributed by atoms with E-state index in [1.165, 1.54) is 0 Å². The van der Waals surface area contributed by atoms with Gasteiger partial charge in [0.1, 0.15) is 6.10 Å². The number of hydrogen-bond acceptors (Lipinski definition) is 3. The largest absolute Gasteiger partial charge is 0.481 e. The minimum absolute atomic E-state index is 0.142. The van der Waals surface area contributed by atoms with E-state index in [-0.39, 0.29) is 18.4 Å². The van der Waals surface area contributed by atoms with Gasteiger partial charge in [-0.05, 0) is 37.3 Å². The fourth-order valence-corrected chi connectivity index (χ4v) is 3.26. The zero-order chi connectivity index (χ0) is 17.5. The molecule has 132 valence electrons. The van der Waals surface area contributed by atoms with Crippen LogP contribution in [0.3, 0.4) is 0 Å². The van der Waals surface area contributed by atoms with E-state index in [4.69, 9.17) is 4.74 Å². The molecule has 5 heteroatoms. The first-order chi connectivity index (χ1) is 11.5. The number of ether oxygens (including phenoxy) is 1. The van der Waals surface area contributed by atoms with Crippen molar-refractivity contribution in [3.05, 3.63) is 35.4 Å². The monoisotopic (exact) mass is 333 g/mol. The predicted molar refractivity (Wildman–Crippen MR) is 91.7 cm³/mol. The Bertz CT molecular complexity index is 566. The lowest BCUT2D eigenvalue weighted by molar-refractivity contribution is -0.140. The van der Waals surface area contributed by atoms with Crippen molar-refractivity contribution in [2.45, 2.75) is 70.6 Å². The molecule has 1 aliphatic rings. The second-order valence-electron chi connectivity index (χ2n) is 6.46. The van der Waals surface area contributed by atoms with E-state index in [0.717, 1.165) is 36.8 Å². The molecule has 0 radical (unpaired) electrons. The number of amides is 1. The van der Waals surface area contributed by atoms with Crippen molar-refractivity contribution in [2.75, 3.05) is 0 Å². The molecule has 1 amide bonds. The van der Waals surface area contributed by atoms with Crippen LogP contribution in [0.25, 0.3) is 0 Å². The first-order valence-corrected chi connectivity index (χ1v) is 8.74. The highest BCUT2D eigenvalue weighted by atomic mass is 16.5. The van der Waals surface area contributed by atoms with Crippen molar-refractivity contribution in [3.63, 3.8) is 0 Å². The number of benzene rings is 1. The summed E-state index contributed by atoms with van der Waals surface area (Å²) in [5.41, 5.74) is 1.80. The number of carboxylic acids is 1. The molecule has 2 rings (SSSR count). The molecular formula is C19H27NO4. The van der Waals surface area contributed by atoms with Gasteiger partial charge in [0, 0.05) is 0 Å². The first-order valence-electron chi connectivity index (χ1n) is 8.74. The van der Waals surface area contributed by atoms with E-state index in [0.29, 0.717) is 6.42 Å². The minimum Gasteiger partial charge on any atom is -0.481 e. The highest BCUT2D eigenvalue weighted by Gasteiger charge is 2.27. The number of carbonyl (C=O) groups is 2. The van der Waals surface area contributed by atoms with Crippen LogP contribution in [0.1, 0.15) is 62.6 Å². The van der Waals surface area contributed by atoms with Crippen LogP contribution in [0.15, 0.2) is 24.3 Å². The van der Waals surface area contributed by atoms with Gasteiger partial charge in [0.15, 0.2) is 0 Å². The summed E-state index contributed by atoms with van der Waals surface area (Å²) in [7, 11) is 0. The highest BCUT2D eigenvalue weighted by molar-refractivity contribution is 5.82. The molecule has 0 aromatic heterocycles. The second kappa shape index (κ2) is 8.83. The molecule has 5 nitrogen and oxygen atoms in total. The topological polar surface area (TPSA) is 75.6 Å². The summed E-state index contributed by atoms with van der Waals surface area (Å²) in [6, 6.07) is 6.99. The van der Waals surface area contributed by atoms with Crippen LogP contribution in [-0.2, 0) is 14.3 Å². The third-order valence-corrected chi connectivity index (χ3v) is 4.58. The first kappa shape index (κ1) is 18.5. The maximum Gasteiger partial charge on any atom is 0.305 e. The van der Waals surface area contributed by atoms with E-state index < -0.39 is 18.1 Å². The lowest BCUT2D eigenvalue weighted by Gasteiger charge is -2.24. The fourth-order valence-electron chi connectivity index (χ4n) is 3.26.